The van der Waals surface area contributed by atoms with Gasteiger partial charge < -0.3 is 14.8 Å². The lowest BCUT2D eigenvalue weighted by Gasteiger charge is -2.10. The summed E-state index contributed by atoms with van der Waals surface area (Å²) in [6.45, 7) is 5.71. The van der Waals surface area contributed by atoms with Crippen LogP contribution in [0.15, 0.2) is 24.4 Å². The van der Waals surface area contributed by atoms with E-state index in [2.05, 4.69) is 10.4 Å². The Balaban J connectivity index is 2.02. The van der Waals surface area contributed by atoms with Crippen LogP contribution in [0, 0.1) is 13.8 Å². The number of hydrogen-bond donors (Lipinski definition) is 1. The molecule has 0 aliphatic rings. The number of esters is 1. The fraction of sp³-hybridized carbons (Fsp3) is 0.353. The molecule has 0 aliphatic carbocycles. The average molecular weight is 331 g/mol. The number of aryl methyl sites for hydroxylation is 3. The molecule has 7 heteroatoms. The molecule has 0 bridgehead atoms. The minimum atomic E-state index is -0.531. The molecule has 0 saturated carbocycles. The predicted molar refractivity (Wildman–Crippen MR) is 89.2 cm³/mol. The standard InChI is InChI=1S/C17H21N3O4/c1-5-23-17(22)14-9-18-20(4)16(14)19-15(21)10-24-13-7-11(2)6-12(3)8-13/h6-9H,5,10H2,1-4H3,(H,19,21). The predicted octanol–water partition coefficient (Wildman–Crippen LogP) is 2.23. The van der Waals surface area contributed by atoms with Crippen LogP contribution in [0.4, 0.5) is 5.82 Å². The van der Waals surface area contributed by atoms with E-state index in [4.69, 9.17) is 9.47 Å². The summed E-state index contributed by atoms with van der Waals surface area (Å²) < 4.78 is 11.9. The zero-order chi connectivity index (χ0) is 17.7. The third-order valence-electron chi connectivity index (χ3n) is 3.26. The molecule has 1 amide bonds. The van der Waals surface area contributed by atoms with Crippen molar-refractivity contribution < 1.29 is 19.1 Å². The minimum Gasteiger partial charge on any atom is -0.484 e. The van der Waals surface area contributed by atoms with Crippen molar-refractivity contribution in [3.8, 4) is 5.75 Å². The molecule has 0 atom stereocenters. The molecule has 24 heavy (non-hydrogen) atoms. The maximum absolute atomic E-state index is 12.1. The van der Waals surface area contributed by atoms with Crippen molar-refractivity contribution >= 4 is 17.7 Å². The van der Waals surface area contributed by atoms with Gasteiger partial charge in [-0.2, -0.15) is 5.10 Å². The first kappa shape index (κ1) is 17.5. The number of ether oxygens (including phenoxy) is 2. The van der Waals surface area contributed by atoms with Gasteiger partial charge >= 0.3 is 5.97 Å². The van der Waals surface area contributed by atoms with Crippen molar-refractivity contribution in [2.24, 2.45) is 7.05 Å². The first-order valence-corrected chi connectivity index (χ1v) is 7.60. The summed E-state index contributed by atoms with van der Waals surface area (Å²) in [5.41, 5.74) is 2.32. The van der Waals surface area contributed by atoms with Gasteiger partial charge in [-0.25, -0.2) is 4.79 Å². The molecule has 0 saturated heterocycles. The first-order valence-electron chi connectivity index (χ1n) is 7.60. The highest BCUT2D eigenvalue weighted by Gasteiger charge is 2.19. The molecule has 1 aromatic carbocycles. The molecule has 0 spiro atoms. The fourth-order valence-electron chi connectivity index (χ4n) is 2.28. The van der Waals surface area contributed by atoms with Crippen molar-refractivity contribution in [2.75, 3.05) is 18.5 Å². The lowest BCUT2D eigenvalue weighted by Crippen LogP contribution is -2.23. The van der Waals surface area contributed by atoms with E-state index in [9.17, 15) is 9.59 Å². The highest BCUT2D eigenvalue weighted by atomic mass is 16.5. The first-order chi connectivity index (χ1) is 11.4. The molecule has 2 aromatic rings. The molecule has 2 rings (SSSR count). The summed E-state index contributed by atoms with van der Waals surface area (Å²) in [5, 5.41) is 6.61. The second-order valence-electron chi connectivity index (χ2n) is 5.41. The number of hydrogen-bond acceptors (Lipinski definition) is 5. The Morgan fingerprint density at radius 1 is 1.21 bits per heavy atom. The lowest BCUT2D eigenvalue weighted by atomic mass is 10.1. The number of carbonyl (C=O) groups is 2. The summed E-state index contributed by atoms with van der Waals surface area (Å²) >= 11 is 0. The average Bonchev–Trinajstić information content (AvgIpc) is 2.86. The fourth-order valence-corrected chi connectivity index (χ4v) is 2.28. The van der Waals surface area contributed by atoms with Gasteiger partial charge in [-0.1, -0.05) is 6.07 Å². The maximum Gasteiger partial charge on any atom is 0.343 e. The van der Waals surface area contributed by atoms with Crippen LogP contribution in [0.2, 0.25) is 0 Å². The molecule has 1 aromatic heterocycles. The van der Waals surface area contributed by atoms with E-state index in [1.54, 1.807) is 14.0 Å². The van der Waals surface area contributed by atoms with Crippen molar-refractivity contribution in [1.29, 1.82) is 0 Å². The van der Waals surface area contributed by atoms with Crippen molar-refractivity contribution in [1.82, 2.24) is 9.78 Å². The van der Waals surface area contributed by atoms with E-state index >= 15 is 0 Å². The van der Waals surface area contributed by atoms with Crippen molar-refractivity contribution in [3.63, 3.8) is 0 Å². The normalized spacial score (nSPS) is 10.3. The van der Waals surface area contributed by atoms with Gasteiger partial charge in [0, 0.05) is 7.05 Å². The number of anilines is 1. The zero-order valence-corrected chi connectivity index (χ0v) is 14.3. The van der Waals surface area contributed by atoms with Crippen LogP contribution in [0.25, 0.3) is 0 Å². The Morgan fingerprint density at radius 3 is 2.50 bits per heavy atom. The molecule has 0 radical (unpaired) electrons. The number of nitrogens with one attached hydrogen (secondary N) is 1. The Kier molecular flexibility index (Phi) is 5.57. The second kappa shape index (κ2) is 7.63. The van der Waals surface area contributed by atoms with Gasteiger partial charge in [0.05, 0.1) is 12.8 Å². The van der Waals surface area contributed by atoms with Crippen molar-refractivity contribution in [3.05, 3.63) is 41.1 Å². The Hall–Kier alpha value is -2.83. The van der Waals surface area contributed by atoms with Crippen LogP contribution in [-0.4, -0.2) is 34.9 Å². The zero-order valence-electron chi connectivity index (χ0n) is 14.3. The van der Waals surface area contributed by atoms with E-state index in [1.807, 2.05) is 32.0 Å². The summed E-state index contributed by atoms with van der Waals surface area (Å²) in [6.07, 6.45) is 1.36. The Labute approximate surface area is 140 Å². The topological polar surface area (TPSA) is 82.5 Å². The Morgan fingerprint density at radius 2 is 1.88 bits per heavy atom. The molecule has 0 fully saturated rings. The number of rotatable bonds is 6. The maximum atomic E-state index is 12.1. The SMILES string of the molecule is CCOC(=O)c1cnn(C)c1NC(=O)COc1cc(C)cc(C)c1. The van der Waals surface area contributed by atoms with E-state index < -0.39 is 5.97 Å². The van der Waals surface area contributed by atoms with E-state index in [0.29, 0.717) is 5.75 Å². The van der Waals surface area contributed by atoms with E-state index in [1.165, 1.54) is 10.9 Å². The number of nitrogens with zero attached hydrogens (tertiary/aromatic N) is 2. The van der Waals surface area contributed by atoms with Crippen LogP contribution in [0.5, 0.6) is 5.75 Å². The molecule has 0 aliphatic heterocycles. The molecule has 128 valence electrons. The number of benzene rings is 1. The third-order valence-corrected chi connectivity index (χ3v) is 3.26. The minimum absolute atomic E-state index is 0.170. The molecular formula is C17H21N3O4. The van der Waals surface area contributed by atoms with E-state index in [-0.39, 0.29) is 30.5 Å². The number of aromatic nitrogens is 2. The van der Waals surface area contributed by atoms with Gasteiger partial charge in [0.25, 0.3) is 5.91 Å². The van der Waals surface area contributed by atoms with Gasteiger partial charge in [0.15, 0.2) is 6.61 Å². The molecule has 1 N–H and O–H groups in total. The molecule has 7 nitrogen and oxygen atoms in total. The quantitative estimate of drug-likeness (QED) is 0.821. The van der Waals surface area contributed by atoms with Gasteiger partial charge in [0.2, 0.25) is 0 Å². The highest BCUT2D eigenvalue weighted by Crippen LogP contribution is 2.17. The van der Waals surface area contributed by atoms with Gasteiger partial charge in [0.1, 0.15) is 17.1 Å². The van der Waals surface area contributed by atoms with Gasteiger partial charge in [-0.05, 0) is 44.0 Å². The van der Waals surface area contributed by atoms with Crippen LogP contribution in [0.1, 0.15) is 28.4 Å². The highest BCUT2D eigenvalue weighted by molar-refractivity contribution is 6.00. The second-order valence-corrected chi connectivity index (χ2v) is 5.41. The van der Waals surface area contributed by atoms with Crippen molar-refractivity contribution in [2.45, 2.75) is 20.8 Å². The number of carbonyl (C=O) groups excluding carboxylic acids is 2. The summed E-state index contributed by atoms with van der Waals surface area (Å²) in [5.74, 6) is -0.0137. The lowest BCUT2D eigenvalue weighted by molar-refractivity contribution is -0.118. The van der Waals surface area contributed by atoms with Gasteiger partial charge in [-0.3, -0.25) is 9.48 Å². The summed E-state index contributed by atoms with van der Waals surface area (Å²) in [4.78, 5) is 24.0. The molecule has 0 unspecified atom stereocenters. The van der Waals surface area contributed by atoms with Crippen LogP contribution < -0.4 is 10.1 Å². The van der Waals surface area contributed by atoms with Gasteiger partial charge in [-0.15, -0.1) is 0 Å². The monoisotopic (exact) mass is 331 g/mol. The molecular weight excluding hydrogens is 310 g/mol. The Bertz CT molecular complexity index is 732. The van der Waals surface area contributed by atoms with Crippen LogP contribution in [0.3, 0.4) is 0 Å². The summed E-state index contributed by atoms with van der Waals surface area (Å²) in [6, 6.07) is 5.73. The summed E-state index contributed by atoms with van der Waals surface area (Å²) in [7, 11) is 1.63. The molecule has 1 heterocycles. The number of amides is 1. The van der Waals surface area contributed by atoms with Crippen LogP contribution >= 0.6 is 0 Å². The van der Waals surface area contributed by atoms with Crippen LogP contribution in [-0.2, 0) is 16.6 Å². The third kappa shape index (κ3) is 4.34. The smallest absolute Gasteiger partial charge is 0.343 e. The van der Waals surface area contributed by atoms with E-state index in [0.717, 1.165) is 11.1 Å². The largest absolute Gasteiger partial charge is 0.484 e.